The van der Waals surface area contributed by atoms with Crippen LogP contribution in [0, 0.1) is 6.67 Å². The smallest absolute Gasteiger partial charge is 0.564 e. The highest BCUT2D eigenvalue weighted by molar-refractivity contribution is 4.94. The van der Waals surface area contributed by atoms with Crippen molar-refractivity contribution in [2.45, 2.75) is 6.42 Å². The van der Waals surface area contributed by atoms with Crippen LogP contribution in [0.1, 0.15) is 6.42 Å². The number of aliphatic hydroxyl groups excluding tert-OH is 1. The Hall–Kier alpha value is -0.540. The summed E-state index contributed by atoms with van der Waals surface area (Å²) in [6, 6.07) is 0. The molecular formula is C7H12ClN2O. The zero-order chi connectivity index (χ0) is 7.40. The molecule has 0 aromatic rings. The second-order valence-corrected chi connectivity index (χ2v) is 2.28. The molecule has 1 rings (SSSR count). The Morgan fingerprint density at radius 1 is 1.45 bits per heavy atom. The summed E-state index contributed by atoms with van der Waals surface area (Å²) in [5.41, 5.74) is 0. The Bertz CT molecular complexity index is 130. The number of hydrogen-bond donors (Lipinski definition) is 1. The summed E-state index contributed by atoms with van der Waals surface area (Å²) in [6.07, 6.45) is 4.66. The molecule has 1 N–H and O–H groups in total. The van der Waals surface area contributed by atoms with Gasteiger partial charge in [0.15, 0.2) is 0 Å². The summed E-state index contributed by atoms with van der Waals surface area (Å²) in [6.45, 7) is 4.12. The molecule has 0 fully saturated rings. The molecule has 1 radical (unpaired) electrons. The van der Waals surface area contributed by atoms with E-state index in [2.05, 4.69) is 6.67 Å². The topological polar surface area (TPSA) is 26.7 Å². The van der Waals surface area contributed by atoms with Crippen LogP contribution in [0.25, 0.3) is 0 Å². The molecule has 0 saturated heterocycles. The molecule has 0 spiro atoms. The van der Waals surface area contributed by atoms with Crippen LogP contribution in [0.15, 0.2) is 12.4 Å². The third kappa shape index (κ3) is 3.39. The first kappa shape index (κ1) is 10.5. The summed E-state index contributed by atoms with van der Waals surface area (Å²) in [5.74, 6) is 0. The van der Waals surface area contributed by atoms with Gasteiger partial charge in [-0.25, -0.2) is 0 Å². The molecule has 0 amide bonds. The predicted molar refractivity (Wildman–Crippen MR) is 38.6 cm³/mol. The fourth-order valence-electron chi connectivity index (χ4n) is 0.815. The summed E-state index contributed by atoms with van der Waals surface area (Å²) < 4.78 is 0. The van der Waals surface area contributed by atoms with Crippen LogP contribution in [0.4, 0.5) is 0 Å². The minimum Gasteiger partial charge on any atom is -1.00 e. The summed E-state index contributed by atoms with van der Waals surface area (Å²) in [5, 5.41) is 8.50. The summed E-state index contributed by atoms with van der Waals surface area (Å²) >= 11 is 0. The van der Waals surface area contributed by atoms with Crippen molar-refractivity contribution >= 4 is 0 Å². The van der Waals surface area contributed by atoms with Gasteiger partial charge >= 0.3 is 6.67 Å². The molecule has 3 nitrogen and oxygen atoms in total. The van der Waals surface area contributed by atoms with E-state index in [1.54, 1.807) is 0 Å². The van der Waals surface area contributed by atoms with Gasteiger partial charge in [-0.2, -0.15) is 0 Å². The molecular weight excluding hydrogens is 164 g/mol. The van der Waals surface area contributed by atoms with Crippen molar-refractivity contribution < 1.29 is 17.5 Å². The summed E-state index contributed by atoms with van der Waals surface area (Å²) in [7, 11) is 1.93. The fraction of sp³-hybridized carbons (Fsp3) is 0.571. The Balaban J connectivity index is 0.000001000. The van der Waals surface area contributed by atoms with E-state index in [4.69, 9.17) is 5.11 Å². The molecule has 4 heteroatoms. The molecule has 0 unspecified atom stereocenters. The molecule has 1 aliphatic rings. The molecule has 0 aromatic heterocycles. The van der Waals surface area contributed by atoms with Crippen molar-refractivity contribution in [1.82, 2.24) is 9.80 Å². The normalized spacial score (nSPS) is 14.7. The average molecular weight is 176 g/mol. The Labute approximate surface area is 73.7 Å². The van der Waals surface area contributed by atoms with E-state index in [9.17, 15) is 0 Å². The molecule has 11 heavy (non-hydrogen) atoms. The van der Waals surface area contributed by atoms with Crippen LogP contribution in [-0.2, 0) is 0 Å². The Morgan fingerprint density at radius 3 is 2.64 bits per heavy atom. The van der Waals surface area contributed by atoms with Gasteiger partial charge in [-0.1, -0.05) is 0 Å². The third-order valence-corrected chi connectivity index (χ3v) is 1.31. The van der Waals surface area contributed by atoms with E-state index in [0.29, 0.717) is 0 Å². The molecule has 0 bridgehead atoms. The van der Waals surface area contributed by atoms with Crippen molar-refractivity contribution in [3.05, 3.63) is 19.1 Å². The lowest BCUT2D eigenvalue weighted by atomic mass is 10.4. The number of hydrogen-bond acceptors (Lipinski definition) is 3. The third-order valence-electron chi connectivity index (χ3n) is 1.31. The second kappa shape index (κ2) is 5.16. The van der Waals surface area contributed by atoms with Gasteiger partial charge in [0.2, 0.25) is 0 Å². The maximum absolute atomic E-state index is 8.50. The highest BCUT2D eigenvalue weighted by Crippen LogP contribution is 2.07. The monoisotopic (exact) mass is 175 g/mol. The first-order chi connectivity index (χ1) is 4.83. The van der Waals surface area contributed by atoms with E-state index in [1.807, 2.05) is 29.2 Å². The van der Waals surface area contributed by atoms with E-state index < -0.39 is 0 Å². The quantitative estimate of drug-likeness (QED) is 0.466. The van der Waals surface area contributed by atoms with Crippen molar-refractivity contribution in [3.63, 3.8) is 0 Å². The van der Waals surface area contributed by atoms with Crippen LogP contribution < -0.4 is 12.4 Å². The van der Waals surface area contributed by atoms with Crippen LogP contribution in [-0.4, -0.2) is 35.1 Å². The van der Waals surface area contributed by atoms with Gasteiger partial charge in [0.25, 0.3) is 0 Å². The van der Waals surface area contributed by atoms with Gasteiger partial charge in [-0.15, -0.1) is 9.80 Å². The molecule has 63 valence electrons. The largest absolute Gasteiger partial charge is 1.00 e. The van der Waals surface area contributed by atoms with E-state index in [-0.39, 0.29) is 19.0 Å². The first-order valence-electron chi connectivity index (χ1n) is 3.38. The van der Waals surface area contributed by atoms with E-state index in [1.165, 1.54) is 0 Å². The van der Waals surface area contributed by atoms with Gasteiger partial charge in [0.05, 0.1) is 26.0 Å². The highest BCUT2D eigenvalue weighted by Gasteiger charge is 2.26. The van der Waals surface area contributed by atoms with E-state index >= 15 is 0 Å². The van der Waals surface area contributed by atoms with Gasteiger partial charge < -0.3 is 17.5 Å². The minimum absolute atomic E-state index is 0. The molecule has 0 atom stereocenters. The Kier molecular flexibility index (Phi) is 4.90. The maximum atomic E-state index is 8.50. The van der Waals surface area contributed by atoms with Crippen LogP contribution >= 0.6 is 0 Å². The van der Waals surface area contributed by atoms with Crippen LogP contribution in [0.3, 0.4) is 0 Å². The van der Waals surface area contributed by atoms with Crippen molar-refractivity contribution in [2.75, 3.05) is 20.2 Å². The van der Waals surface area contributed by atoms with Gasteiger partial charge in [-0.05, 0) is 6.42 Å². The highest BCUT2D eigenvalue weighted by atomic mass is 35.5. The lowest BCUT2D eigenvalue weighted by Crippen LogP contribution is -3.00. The number of nitrogens with zero attached hydrogens (tertiary/aromatic N) is 2. The lowest BCUT2D eigenvalue weighted by molar-refractivity contribution is -0.00000329. The summed E-state index contributed by atoms with van der Waals surface area (Å²) in [4.78, 5) is 3.79. The van der Waals surface area contributed by atoms with Crippen LogP contribution in [0.2, 0.25) is 0 Å². The second-order valence-electron chi connectivity index (χ2n) is 2.28. The minimum atomic E-state index is 0. The fourth-order valence-corrected chi connectivity index (χ4v) is 0.815. The van der Waals surface area contributed by atoms with Gasteiger partial charge in [0.1, 0.15) is 0 Å². The molecule has 0 saturated carbocycles. The molecule has 0 aliphatic carbocycles. The number of halogens is 1. The molecule has 0 aromatic carbocycles. The lowest BCUT2D eigenvalue weighted by Gasteiger charge is -1.98. The standard InChI is InChI=1S/C7H12N2O.ClH/c1-8-4-5-9(7-8)3-2-6-10;/h4-5,10H,2-3,6H2,1H3;1H/q+1;/p-1. The first-order valence-corrected chi connectivity index (χ1v) is 3.38. The zero-order valence-corrected chi connectivity index (χ0v) is 7.25. The Morgan fingerprint density at radius 2 is 2.18 bits per heavy atom. The predicted octanol–water partition coefficient (Wildman–Crippen LogP) is -2.91. The van der Waals surface area contributed by atoms with Crippen molar-refractivity contribution in [1.29, 1.82) is 0 Å². The van der Waals surface area contributed by atoms with Crippen LogP contribution in [0.5, 0.6) is 0 Å². The van der Waals surface area contributed by atoms with Gasteiger partial charge in [0, 0.05) is 6.61 Å². The SMILES string of the molecule is CN1[C+]N(CCCO)C=C1.[Cl-]. The van der Waals surface area contributed by atoms with Crippen molar-refractivity contribution in [3.8, 4) is 0 Å². The number of rotatable bonds is 3. The number of aliphatic hydroxyl groups is 1. The average Bonchev–Trinajstić information content (AvgIpc) is 2.31. The zero-order valence-electron chi connectivity index (χ0n) is 6.50. The molecule has 1 heterocycles. The van der Waals surface area contributed by atoms with Crippen molar-refractivity contribution in [2.24, 2.45) is 0 Å². The van der Waals surface area contributed by atoms with E-state index in [0.717, 1.165) is 13.0 Å². The van der Waals surface area contributed by atoms with Gasteiger partial charge in [-0.3, -0.25) is 0 Å². The molecule has 1 aliphatic heterocycles. The maximum Gasteiger partial charge on any atom is 0.564 e.